The zero-order valence-corrected chi connectivity index (χ0v) is 10.3. The molecule has 0 spiro atoms. The van der Waals surface area contributed by atoms with Gasteiger partial charge in [0, 0.05) is 6.54 Å². The van der Waals surface area contributed by atoms with E-state index in [-0.39, 0.29) is 0 Å². The van der Waals surface area contributed by atoms with E-state index in [4.69, 9.17) is 21.1 Å². The van der Waals surface area contributed by atoms with Crippen LogP contribution in [0, 0.1) is 0 Å². The van der Waals surface area contributed by atoms with E-state index in [9.17, 15) is 0 Å². The van der Waals surface area contributed by atoms with Gasteiger partial charge in [0.15, 0.2) is 11.5 Å². The van der Waals surface area contributed by atoms with Gasteiger partial charge in [0.05, 0.1) is 12.1 Å². The molecule has 1 rings (SSSR count). The Labute approximate surface area is 101 Å². The molecule has 0 aliphatic carbocycles. The van der Waals surface area contributed by atoms with Gasteiger partial charge in [-0.05, 0) is 24.7 Å². The molecule has 0 unspecified atom stereocenters. The first-order valence-electron chi connectivity index (χ1n) is 4.97. The smallest absolute Gasteiger partial charge is 0.180 e. The summed E-state index contributed by atoms with van der Waals surface area (Å²) in [7, 11) is 3.47. The third-order valence-corrected chi connectivity index (χ3v) is 2.30. The van der Waals surface area contributed by atoms with E-state index in [2.05, 4.69) is 11.9 Å². The zero-order valence-electron chi connectivity index (χ0n) is 9.55. The van der Waals surface area contributed by atoms with Crippen LogP contribution in [-0.4, -0.2) is 20.8 Å². The maximum Gasteiger partial charge on any atom is 0.180 e. The summed E-state index contributed by atoms with van der Waals surface area (Å²) in [6.45, 7) is 4.73. The Balaban J connectivity index is 3.02. The van der Waals surface area contributed by atoms with Crippen LogP contribution in [0.5, 0.6) is 11.5 Å². The molecule has 0 amide bonds. The van der Waals surface area contributed by atoms with Crippen molar-refractivity contribution in [3.63, 3.8) is 0 Å². The van der Waals surface area contributed by atoms with Gasteiger partial charge < -0.3 is 14.8 Å². The molecule has 88 valence electrons. The third-order valence-electron chi connectivity index (χ3n) is 2.02. The predicted octanol–water partition coefficient (Wildman–Crippen LogP) is 2.63. The van der Waals surface area contributed by atoms with Gasteiger partial charge >= 0.3 is 0 Å². The molecule has 0 bridgehead atoms. The Kier molecular flexibility index (Phi) is 5.15. The number of halogens is 1. The van der Waals surface area contributed by atoms with Crippen LogP contribution < -0.4 is 14.8 Å². The molecule has 4 heteroatoms. The maximum absolute atomic E-state index is 6.12. The number of ether oxygens (including phenoxy) is 2. The summed E-state index contributed by atoms with van der Waals surface area (Å²) < 4.78 is 10.7. The average molecular weight is 242 g/mol. The SMILES string of the molecule is C=CCOc1c(Cl)cc(CNC)cc1OC. The minimum Gasteiger partial charge on any atom is -0.493 e. The third kappa shape index (κ3) is 3.15. The first-order chi connectivity index (χ1) is 7.72. The Morgan fingerprint density at radius 3 is 2.81 bits per heavy atom. The summed E-state index contributed by atoms with van der Waals surface area (Å²) in [5.74, 6) is 1.20. The molecule has 0 fully saturated rings. The van der Waals surface area contributed by atoms with Crippen molar-refractivity contribution in [3.05, 3.63) is 35.4 Å². The summed E-state index contributed by atoms with van der Waals surface area (Å²) in [6.07, 6.45) is 1.66. The monoisotopic (exact) mass is 241 g/mol. The van der Waals surface area contributed by atoms with E-state index in [0.717, 1.165) is 12.1 Å². The number of nitrogens with one attached hydrogen (secondary N) is 1. The second kappa shape index (κ2) is 6.40. The van der Waals surface area contributed by atoms with Crippen LogP contribution in [0.2, 0.25) is 5.02 Å². The topological polar surface area (TPSA) is 30.5 Å². The van der Waals surface area contributed by atoms with Gasteiger partial charge in [-0.2, -0.15) is 0 Å². The lowest BCUT2D eigenvalue weighted by molar-refractivity contribution is 0.326. The first-order valence-corrected chi connectivity index (χ1v) is 5.35. The van der Waals surface area contributed by atoms with E-state index in [1.165, 1.54) is 0 Å². The van der Waals surface area contributed by atoms with Crippen molar-refractivity contribution in [2.45, 2.75) is 6.54 Å². The Bertz CT molecular complexity index is 366. The zero-order chi connectivity index (χ0) is 12.0. The summed E-state index contributed by atoms with van der Waals surface area (Å²) >= 11 is 6.12. The van der Waals surface area contributed by atoms with Crippen LogP contribution in [0.25, 0.3) is 0 Å². The van der Waals surface area contributed by atoms with Crippen LogP contribution in [0.3, 0.4) is 0 Å². The van der Waals surface area contributed by atoms with E-state index in [1.807, 2.05) is 19.2 Å². The van der Waals surface area contributed by atoms with Crippen molar-refractivity contribution in [3.8, 4) is 11.5 Å². The van der Waals surface area contributed by atoms with Crippen molar-refractivity contribution in [1.29, 1.82) is 0 Å². The second-order valence-electron chi connectivity index (χ2n) is 3.24. The lowest BCUT2D eigenvalue weighted by Crippen LogP contribution is -2.06. The van der Waals surface area contributed by atoms with Crippen molar-refractivity contribution in [2.24, 2.45) is 0 Å². The molecule has 16 heavy (non-hydrogen) atoms. The van der Waals surface area contributed by atoms with Gasteiger partial charge in [0.2, 0.25) is 0 Å². The van der Waals surface area contributed by atoms with Crippen molar-refractivity contribution < 1.29 is 9.47 Å². The number of benzene rings is 1. The molecule has 1 aromatic rings. The first kappa shape index (κ1) is 12.9. The van der Waals surface area contributed by atoms with Gasteiger partial charge in [-0.15, -0.1) is 0 Å². The molecule has 1 aromatic carbocycles. The standard InChI is InChI=1S/C12H16ClNO2/c1-4-5-16-12-10(13)6-9(8-14-2)7-11(12)15-3/h4,6-7,14H,1,5,8H2,2-3H3. The number of methoxy groups -OCH3 is 1. The normalized spacial score (nSPS) is 9.94. The summed E-state index contributed by atoms with van der Waals surface area (Å²) in [6, 6.07) is 3.76. The molecule has 3 nitrogen and oxygen atoms in total. The fraction of sp³-hybridized carbons (Fsp3) is 0.333. The molecule has 0 aromatic heterocycles. The highest BCUT2D eigenvalue weighted by atomic mass is 35.5. The van der Waals surface area contributed by atoms with Gasteiger partial charge in [-0.25, -0.2) is 0 Å². The fourth-order valence-corrected chi connectivity index (χ4v) is 1.65. The largest absolute Gasteiger partial charge is 0.493 e. The van der Waals surface area contributed by atoms with Crippen LogP contribution in [-0.2, 0) is 6.54 Å². The maximum atomic E-state index is 6.12. The van der Waals surface area contributed by atoms with Crippen LogP contribution in [0.4, 0.5) is 0 Å². The average Bonchev–Trinajstić information content (AvgIpc) is 2.27. The van der Waals surface area contributed by atoms with Crippen molar-refractivity contribution >= 4 is 11.6 Å². The van der Waals surface area contributed by atoms with E-state index in [0.29, 0.717) is 23.1 Å². The molecule has 0 atom stereocenters. The minimum absolute atomic E-state index is 0.404. The number of hydrogen-bond acceptors (Lipinski definition) is 3. The Hall–Kier alpha value is -1.19. The van der Waals surface area contributed by atoms with Gasteiger partial charge in [0.1, 0.15) is 6.61 Å². The van der Waals surface area contributed by atoms with Gasteiger partial charge in [0.25, 0.3) is 0 Å². The number of hydrogen-bond donors (Lipinski definition) is 1. The van der Waals surface area contributed by atoms with Crippen molar-refractivity contribution in [1.82, 2.24) is 5.32 Å². The summed E-state index contributed by atoms with van der Waals surface area (Å²) in [4.78, 5) is 0. The molecule has 0 heterocycles. The minimum atomic E-state index is 0.404. The fourth-order valence-electron chi connectivity index (χ4n) is 1.36. The van der Waals surface area contributed by atoms with Gasteiger partial charge in [-0.1, -0.05) is 24.3 Å². The highest BCUT2D eigenvalue weighted by Gasteiger charge is 2.11. The highest BCUT2D eigenvalue weighted by Crippen LogP contribution is 2.36. The number of rotatable bonds is 6. The van der Waals surface area contributed by atoms with Crippen LogP contribution >= 0.6 is 11.6 Å². The van der Waals surface area contributed by atoms with E-state index < -0.39 is 0 Å². The van der Waals surface area contributed by atoms with E-state index in [1.54, 1.807) is 13.2 Å². The van der Waals surface area contributed by atoms with Crippen LogP contribution in [0.1, 0.15) is 5.56 Å². The lowest BCUT2D eigenvalue weighted by atomic mass is 10.2. The molecule has 1 N–H and O–H groups in total. The second-order valence-corrected chi connectivity index (χ2v) is 3.65. The summed E-state index contributed by atoms with van der Waals surface area (Å²) in [5.41, 5.74) is 1.05. The molecular weight excluding hydrogens is 226 g/mol. The molecule has 0 radical (unpaired) electrons. The molecule has 0 saturated carbocycles. The predicted molar refractivity (Wildman–Crippen MR) is 66.5 cm³/mol. The molecular formula is C12H16ClNO2. The van der Waals surface area contributed by atoms with E-state index >= 15 is 0 Å². The quantitative estimate of drug-likeness (QED) is 0.777. The highest BCUT2D eigenvalue weighted by molar-refractivity contribution is 6.32. The van der Waals surface area contributed by atoms with Gasteiger partial charge in [-0.3, -0.25) is 0 Å². The Morgan fingerprint density at radius 1 is 1.50 bits per heavy atom. The molecule has 0 saturated heterocycles. The van der Waals surface area contributed by atoms with Crippen LogP contribution in [0.15, 0.2) is 24.8 Å². The molecule has 0 aliphatic rings. The Morgan fingerprint density at radius 2 is 2.25 bits per heavy atom. The van der Waals surface area contributed by atoms with Crippen molar-refractivity contribution in [2.75, 3.05) is 20.8 Å². The molecule has 0 aliphatic heterocycles. The summed E-state index contributed by atoms with van der Waals surface area (Å²) in [5, 5.41) is 3.60. The lowest BCUT2D eigenvalue weighted by Gasteiger charge is -2.13.